The number of anilines is 1. The Balaban J connectivity index is 1.29. The van der Waals surface area contributed by atoms with Crippen LogP contribution in [-0.2, 0) is 24.3 Å². The Morgan fingerprint density at radius 3 is 3.21 bits per heavy atom. The van der Waals surface area contributed by atoms with Gasteiger partial charge in [-0.3, -0.25) is 4.79 Å². The van der Waals surface area contributed by atoms with Crippen LogP contribution in [0.1, 0.15) is 33.0 Å². The highest BCUT2D eigenvalue weighted by Crippen LogP contribution is 2.30. The zero-order valence-corrected chi connectivity index (χ0v) is 16.9. The van der Waals surface area contributed by atoms with E-state index in [9.17, 15) is 9.90 Å². The first-order valence-corrected chi connectivity index (χ1v) is 10.8. The summed E-state index contributed by atoms with van der Waals surface area (Å²) in [6.07, 6.45) is 1.87. The molecule has 0 saturated carbocycles. The molecule has 1 fully saturated rings. The lowest BCUT2D eigenvalue weighted by Gasteiger charge is -2.25. The van der Waals surface area contributed by atoms with Gasteiger partial charge in [-0.15, -0.1) is 0 Å². The van der Waals surface area contributed by atoms with Crippen molar-refractivity contribution in [3.63, 3.8) is 0 Å². The SMILES string of the molecule is O=C(c1cc2c(CO)cccc2[nH]1)N1CCc2nc(NCC3CCOC3)sc2C1. The zero-order chi connectivity index (χ0) is 19.8. The summed E-state index contributed by atoms with van der Waals surface area (Å²) in [5.41, 5.74) is 3.36. The summed E-state index contributed by atoms with van der Waals surface area (Å²) >= 11 is 1.65. The van der Waals surface area contributed by atoms with Crippen LogP contribution < -0.4 is 5.32 Å². The molecule has 29 heavy (non-hydrogen) atoms. The zero-order valence-electron chi connectivity index (χ0n) is 16.1. The van der Waals surface area contributed by atoms with Crippen LogP contribution in [0.15, 0.2) is 24.3 Å². The number of H-pyrrole nitrogens is 1. The number of thiazole rings is 1. The van der Waals surface area contributed by atoms with Crippen LogP contribution in [-0.4, -0.2) is 52.2 Å². The number of aliphatic hydroxyl groups excluding tert-OH is 1. The fourth-order valence-corrected chi connectivity index (χ4v) is 5.09. The molecule has 1 amide bonds. The van der Waals surface area contributed by atoms with Gasteiger partial charge in [0.05, 0.1) is 25.5 Å². The van der Waals surface area contributed by atoms with Crippen molar-refractivity contribution in [2.45, 2.75) is 26.0 Å². The summed E-state index contributed by atoms with van der Waals surface area (Å²) in [6.45, 7) is 3.76. The normalized spacial score (nSPS) is 18.9. The lowest BCUT2D eigenvalue weighted by atomic mass is 10.1. The maximum Gasteiger partial charge on any atom is 0.270 e. The van der Waals surface area contributed by atoms with Gasteiger partial charge in [0.15, 0.2) is 5.13 Å². The fraction of sp³-hybridized carbons (Fsp3) is 0.429. The predicted molar refractivity (Wildman–Crippen MR) is 112 cm³/mol. The average Bonchev–Trinajstić information content (AvgIpc) is 3.49. The molecule has 2 aromatic heterocycles. The molecule has 5 rings (SSSR count). The number of aliphatic hydroxyl groups is 1. The number of benzene rings is 1. The molecule has 0 spiro atoms. The van der Waals surface area contributed by atoms with E-state index in [2.05, 4.69) is 10.3 Å². The molecular weight excluding hydrogens is 388 g/mol. The Morgan fingerprint density at radius 2 is 2.38 bits per heavy atom. The quantitative estimate of drug-likeness (QED) is 0.600. The summed E-state index contributed by atoms with van der Waals surface area (Å²) in [7, 11) is 0. The number of hydrogen-bond acceptors (Lipinski definition) is 6. The van der Waals surface area contributed by atoms with Gasteiger partial charge in [0.25, 0.3) is 5.91 Å². The first-order valence-electron chi connectivity index (χ1n) is 10.0. The van der Waals surface area contributed by atoms with E-state index in [4.69, 9.17) is 9.72 Å². The van der Waals surface area contributed by atoms with E-state index >= 15 is 0 Å². The molecule has 1 atom stereocenters. The number of rotatable bonds is 5. The van der Waals surface area contributed by atoms with Crippen LogP contribution >= 0.6 is 11.3 Å². The third-order valence-electron chi connectivity index (χ3n) is 5.74. The molecule has 0 aliphatic carbocycles. The highest BCUT2D eigenvalue weighted by atomic mass is 32.1. The minimum absolute atomic E-state index is 0.0123. The van der Waals surface area contributed by atoms with Crippen LogP contribution in [0, 0.1) is 5.92 Å². The number of nitrogens with one attached hydrogen (secondary N) is 2. The van der Waals surface area contributed by atoms with Crippen LogP contribution in [0.3, 0.4) is 0 Å². The largest absolute Gasteiger partial charge is 0.392 e. The van der Waals surface area contributed by atoms with Gasteiger partial charge >= 0.3 is 0 Å². The molecular formula is C21H24N4O3S. The van der Waals surface area contributed by atoms with E-state index in [1.807, 2.05) is 29.2 Å². The number of amides is 1. The molecule has 8 heteroatoms. The number of nitrogens with zero attached hydrogens (tertiary/aromatic N) is 2. The summed E-state index contributed by atoms with van der Waals surface area (Å²) in [6, 6.07) is 7.54. The smallest absolute Gasteiger partial charge is 0.270 e. The van der Waals surface area contributed by atoms with Crippen LogP contribution in [0.4, 0.5) is 5.13 Å². The lowest BCUT2D eigenvalue weighted by Crippen LogP contribution is -2.35. The summed E-state index contributed by atoms with van der Waals surface area (Å²) < 4.78 is 5.43. The standard InChI is InChI=1S/C21H24N4O3S/c26-11-14-2-1-3-16-15(14)8-18(23-16)20(27)25-6-4-17-19(10-25)29-21(24-17)22-9-13-5-7-28-12-13/h1-3,8,13,23,26H,4-7,9-12H2,(H,22,24). The number of hydrogen-bond donors (Lipinski definition) is 3. The summed E-state index contributed by atoms with van der Waals surface area (Å²) in [5, 5.41) is 14.8. The molecule has 0 bridgehead atoms. The Kier molecular flexibility index (Phi) is 4.99. The summed E-state index contributed by atoms with van der Waals surface area (Å²) in [4.78, 5) is 24.0. The molecule has 0 radical (unpaired) electrons. The van der Waals surface area contributed by atoms with Crippen LogP contribution in [0.2, 0.25) is 0 Å². The van der Waals surface area contributed by atoms with Gasteiger partial charge in [0.2, 0.25) is 0 Å². The Morgan fingerprint density at radius 1 is 1.45 bits per heavy atom. The third-order valence-corrected chi connectivity index (χ3v) is 6.78. The third kappa shape index (κ3) is 3.63. The molecule has 152 valence electrons. The predicted octanol–water partition coefficient (Wildman–Crippen LogP) is 2.76. The number of carbonyl (C=O) groups excluding carboxylic acids is 1. The Bertz CT molecular complexity index is 1040. The fourth-order valence-electron chi connectivity index (χ4n) is 4.06. The minimum atomic E-state index is -0.0421. The van der Waals surface area contributed by atoms with Crippen molar-refractivity contribution in [1.29, 1.82) is 0 Å². The molecule has 2 aliphatic heterocycles. The molecule has 1 saturated heterocycles. The van der Waals surface area contributed by atoms with Crippen LogP contribution in [0.25, 0.3) is 10.9 Å². The second kappa shape index (κ2) is 7.78. The van der Waals surface area contributed by atoms with Crippen molar-refractivity contribution in [2.24, 2.45) is 5.92 Å². The maximum absolute atomic E-state index is 13.1. The van der Waals surface area contributed by atoms with Gasteiger partial charge in [-0.25, -0.2) is 4.98 Å². The van der Waals surface area contributed by atoms with Gasteiger partial charge in [0.1, 0.15) is 5.69 Å². The van der Waals surface area contributed by atoms with E-state index in [0.29, 0.717) is 24.7 Å². The maximum atomic E-state index is 13.1. The van der Waals surface area contributed by atoms with Crippen molar-refractivity contribution in [2.75, 3.05) is 31.6 Å². The van der Waals surface area contributed by atoms with Gasteiger partial charge in [-0.2, -0.15) is 0 Å². The second-order valence-electron chi connectivity index (χ2n) is 7.70. The average molecular weight is 413 g/mol. The minimum Gasteiger partial charge on any atom is -0.392 e. The second-order valence-corrected chi connectivity index (χ2v) is 8.78. The van der Waals surface area contributed by atoms with Crippen molar-refractivity contribution < 1.29 is 14.6 Å². The Hall–Kier alpha value is -2.42. The van der Waals surface area contributed by atoms with Gasteiger partial charge in [-0.05, 0) is 24.1 Å². The van der Waals surface area contributed by atoms with E-state index in [1.54, 1.807) is 11.3 Å². The topological polar surface area (TPSA) is 90.5 Å². The van der Waals surface area contributed by atoms with E-state index < -0.39 is 0 Å². The number of aromatic amines is 1. The molecule has 3 N–H and O–H groups in total. The summed E-state index contributed by atoms with van der Waals surface area (Å²) in [5.74, 6) is 0.543. The van der Waals surface area contributed by atoms with Crippen molar-refractivity contribution in [1.82, 2.24) is 14.9 Å². The lowest BCUT2D eigenvalue weighted by molar-refractivity contribution is 0.0731. The highest BCUT2D eigenvalue weighted by Gasteiger charge is 2.26. The monoisotopic (exact) mass is 412 g/mol. The van der Waals surface area contributed by atoms with Crippen molar-refractivity contribution in [3.8, 4) is 0 Å². The van der Waals surface area contributed by atoms with E-state index in [-0.39, 0.29) is 12.5 Å². The molecule has 1 unspecified atom stereocenters. The number of ether oxygens (including phenoxy) is 1. The van der Waals surface area contributed by atoms with E-state index in [1.165, 1.54) is 0 Å². The molecule has 3 aromatic rings. The van der Waals surface area contributed by atoms with Gasteiger partial charge in [0, 0.05) is 47.8 Å². The van der Waals surface area contributed by atoms with Crippen molar-refractivity contribution >= 4 is 33.3 Å². The molecule has 4 heterocycles. The first kappa shape index (κ1) is 18.6. The number of fused-ring (bicyclic) bond motifs is 2. The van der Waals surface area contributed by atoms with Crippen LogP contribution in [0.5, 0.6) is 0 Å². The molecule has 2 aliphatic rings. The van der Waals surface area contributed by atoms with Gasteiger partial charge in [-0.1, -0.05) is 23.5 Å². The molecule has 1 aromatic carbocycles. The Labute approximate surface area is 172 Å². The number of carbonyl (C=O) groups is 1. The molecule has 7 nitrogen and oxygen atoms in total. The van der Waals surface area contributed by atoms with Gasteiger partial charge < -0.3 is 25.0 Å². The highest BCUT2D eigenvalue weighted by molar-refractivity contribution is 7.15. The van der Waals surface area contributed by atoms with Crippen molar-refractivity contribution in [3.05, 3.63) is 46.1 Å². The number of aromatic nitrogens is 2. The first-order chi connectivity index (χ1) is 14.2. The van der Waals surface area contributed by atoms with E-state index in [0.717, 1.165) is 64.8 Å².